The van der Waals surface area contributed by atoms with Crippen LogP contribution in [0.4, 0.5) is 35.9 Å². The van der Waals surface area contributed by atoms with Gasteiger partial charge in [-0.3, -0.25) is 0 Å². The molecule has 222 valence electrons. The van der Waals surface area contributed by atoms with E-state index in [9.17, 15) is 35.9 Å². The first-order valence-electron chi connectivity index (χ1n) is 12.4. The topological polar surface area (TPSA) is 79.9 Å². The van der Waals surface area contributed by atoms with E-state index in [1.807, 2.05) is 20.8 Å². The average molecular weight is 578 g/mol. The second kappa shape index (κ2) is 14.2. The lowest BCUT2D eigenvalue weighted by molar-refractivity contribution is -0.307. The lowest BCUT2D eigenvalue weighted by Gasteiger charge is -2.30. The van der Waals surface area contributed by atoms with E-state index in [4.69, 9.17) is 4.74 Å². The van der Waals surface area contributed by atoms with E-state index in [0.717, 1.165) is 31.7 Å². The molecule has 0 aliphatic carbocycles. The van der Waals surface area contributed by atoms with Gasteiger partial charge in [0.15, 0.2) is 0 Å². The standard InChI is InChI=1S/C18H15F6NO2.C9H18N2O2/c19-17(20,21)15(18(22,23)24)27-16(26)25-14(13-9-5-2-6-10-13)11-12-7-3-1-4-8-12;1-9(2,3)13-8(12)11-6-4-10-5-7-11/h1-10,14-15H,11H2,(H,25,26);10H,4-7H2,1-3H3. The highest BCUT2D eigenvalue weighted by atomic mass is 19.4. The Labute approximate surface area is 228 Å². The fourth-order valence-electron chi connectivity index (χ4n) is 3.56. The number of carbonyl (C=O) groups excluding carboxylic acids is 2. The molecule has 0 bridgehead atoms. The normalized spacial score (nSPS) is 15.0. The smallest absolute Gasteiger partial charge is 0.434 e. The molecule has 1 fully saturated rings. The maximum atomic E-state index is 12.6. The Kier molecular flexibility index (Phi) is 11.7. The fraction of sp³-hybridized carbons (Fsp3) is 0.481. The third-order valence-corrected chi connectivity index (χ3v) is 5.36. The number of halogens is 6. The predicted octanol–water partition coefficient (Wildman–Crippen LogP) is 6.02. The Morgan fingerprint density at radius 3 is 1.85 bits per heavy atom. The lowest BCUT2D eigenvalue weighted by atomic mass is 9.99. The molecule has 1 aliphatic heterocycles. The number of rotatable bonds is 5. The fourth-order valence-corrected chi connectivity index (χ4v) is 3.56. The van der Waals surface area contributed by atoms with Crippen LogP contribution in [0.5, 0.6) is 0 Å². The number of alkyl halides is 6. The molecule has 7 nitrogen and oxygen atoms in total. The second-order valence-electron chi connectivity index (χ2n) is 9.88. The summed E-state index contributed by atoms with van der Waals surface area (Å²) in [7, 11) is 0. The Balaban J connectivity index is 0.000000360. The minimum Gasteiger partial charge on any atom is -0.444 e. The molecule has 13 heteroatoms. The molecule has 2 aromatic carbocycles. The third kappa shape index (κ3) is 11.7. The van der Waals surface area contributed by atoms with Crippen molar-refractivity contribution in [2.24, 2.45) is 0 Å². The molecule has 0 aromatic heterocycles. The Morgan fingerprint density at radius 2 is 1.38 bits per heavy atom. The van der Waals surface area contributed by atoms with Crippen LogP contribution in [0, 0.1) is 0 Å². The van der Waals surface area contributed by atoms with Gasteiger partial charge >= 0.3 is 24.5 Å². The van der Waals surface area contributed by atoms with Crippen molar-refractivity contribution < 1.29 is 45.4 Å². The molecule has 1 unspecified atom stereocenters. The molecule has 2 amide bonds. The van der Waals surface area contributed by atoms with Gasteiger partial charge in [0.2, 0.25) is 0 Å². The van der Waals surface area contributed by atoms with Crippen LogP contribution >= 0.6 is 0 Å². The zero-order chi connectivity index (χ0) is 30.0. The van der Waals surface area contributed by atoms with Crippen molar-refractivity contribution in [3.8, 4) is 0 Å². The Hall–Kier alpha value is -3.48. The van der Waals surface area contributed by atoms with E-state index in [0.29, 0.717) is 5.56 Å². The van der Waals surface area contributed by atoms with Crippen LogP contribution in [-0.2, 0) is 15.9 Å². The van der Waals surface area contributed by atoms with Gasteiger partial charge in [-0.15, -0.1) is 0 Å². The number of piperazine rings is 1. The van der Waals surface area contributed by atoms with Crippen LogP contribution in [0.1, 0.15) is 37.9 Å². The number of carbonyl (C=O) groups is 2. The highest BCUT2D eigenvalue weighted by Crippen LogP contribution is 2.36. The van der Waals surface area contributed by atoms with Crippen molar-refractivity contribution in [3.63, 3.8) is 0 Å². The summed E-state index contributed by atoms with van der Waals surface area (Å²) in [6, 6.07) is 15.9. The van der Waals surface area contributed by atoms with E-state index >= 15 is 0 Å². The van der Waals surface area contributed by atoms with Gasteiger partial charge in [0.05, 0.1) is 6.04 Å². The van der Waals surface area contributed by atoms with Crippen molar-refractivity contribution in [3.05, 3.63) is 71.8 Å². The van der Waals surface area contributed by atoms with Crippen LogP contribution < -0.4 is 10.6 Å². The first kappa shape index (κ1) is 32.7. The van der Waals surface area contributed by atoms with Gasteiger partial charge in [0.1, 0.15) is 5.60 Å². The molecule has 1 atom stereocenters. The maximum absolute atomic E-state index is 12.6. The Bertz CT molecular complexity index is 1040. The van der Waals surface area contributed by atoms with Crippen molar-refractivity contribution in [2.45, 2.75) is 57.3 Å². The summed E-state index contributed by atoms with van der Waals surface area (Å²) in [6.45, 7) is 8.86. The highest BCUT2D eigenvalue weighted by molar-refractivity contribution is 5.68. The van der Waals surface area contributed by atoms with Crippen LogP contribution in [0.2, 0.25) is 0 Å². The number of benzene rings is 2. The summed E-state index contributed by atoms with van der Waals surface area (Å²) in [5, 5.41) is 5.28. The third-order valence-electron chi connectivity index (χ3n) is 5.36. The van der Waals surface area contributed by atoms with Gasteiger partial charge in [0, 0.05) is 26.2 Å². The molecule has 0 saturated carbocycles. The summed E-state index contributed by atoms with van der Waals surface area (Å²) in [5.41, 5.74) is 0.853. The van der Waals surface area contributed by atoms with Crippen molar-refractivity contribution in [1.29, 1.82) is 0 Å². The van der Waals surface area contributed by atoms with E-state index in [1.165, 1.54) is 0 Å². The molecule has 0 radical (unpaired) electrons. The molecule has 2 aromatic rings. The summed E-state index contributed by atoms with van der Waals surface area (Å²) in [4.78, 5) is 25.0. The van der Waals surface area contributed by atoms with Gasteiger partial charge in [0.25, 0.3) is 6.10 Å². The van der Waals surface area contributed by atoms with Crippen molar-refractivity contribution in [2.75, 3.05) is 26.2 Å². The molecule has 3 rings (SSSR count). The number of ether oxygens (including phenoxy) is 2. The number of hydrogen-bond acceptors (Lipinski definition) is 5. The molecule has 1 saturated heterocycles. The average Bonchev–Trinajstić information content (AvgIpc) is 2.87. The molecule has 2 N–H and O–H groups in total. The van der Waals surface area contributed by atoms with Gasteiger partial charge in [-0.05, 0) is 38.3 Å². The summed E-state index contributed by atoms with van der Waals surface area (Å²) in [6.07, 6.45) is -17.6. The van der Waals surface area contributed by atoms with Crippen molar-refractivity contribution in [1.82, 2.24) is 15.5 Å². The maximum Gasteiger partial charge on any atom is 0.434 e. The van der Waals surface area contributed by atoms with Gasteiger partial charge in [-0.25, -0.2) is 9.59 Å². The monoisotopic (exact) mass is 577 g/mol. The molecule has 1 aliphatic rings. The van der Waals surface area contributed by atoms with Crippen LogP contribution in [0.15, 0.2) is 60.7 Å². The number of amides is 2. The zero-order valence-electron chi connectivity index (χ0n) is 22.3. The largest absolute Gasteiger partial charge is 0.444 e. The predicted molar refractivity (Wildman–Crippen MR) is 136 cm³/mol. The lowest BCUT2D eigenvalue weighted by Crippen LogP contribution is -2.48. The van der Waals surface area contributed by atoms with Gasteiger partial charge in [-0.2, -0.15) is 26.3 Å². The summed E-state index contributed by atoms with van der Waals surface area (Å²) >= 11 is 0. The molecular formula is C27H33F6N3O4. The number of hydrogen-bond donors (Lipinski definition) is 2. The quantitative estimate of drug-likeness (QED) is 0.425. The molecule has 1 heterocycles. The van der Waals surface area contributed by atoms with E-state index in [1.54, 1.807) is 65.6 Å². The van der Waals surface area contributed by atoms with E-state index < -0.39 is 30.6 Å². The van der Waals surface area contributed by atoms with E-state index in [-0.39, 0.29) is 18.1 Å². The molecule has 40 heavy (non-hydrogen) atoms. The van der Waals surface area contributed by atoms with Gasteiger partial charge < -0.3 is 25.0 Å². The SMILES string of the molecule is CC(C)(C)OC(=O)N1CCNCC1.O=C(NC(Cc1ccccc1)c1ccccc1)OC(C(F)(F)F)C(F)(F)F. The van der Waals surface area contributed by atoms with Crippen LogP contribution in [-0.4, -0.2) is 67.3 Å². The minimum absolute atomic E-state index is 0.155. The number of nitrogens with one attached hydrogen (secondary N) is 2. The van der Waals surface area contributed by atoms with Crippen molar-refractivity contribution >= 4 is 12.2 Å². The molecule has 0 spiro atoms. The zero-order valence-corrected chi connectivity index (χ0v) is 22.3. The summed E-state index contributed by atoms with van der Waals surface area (Å²) < 4.78 is 84.3. The van der Waals surface area contributed by atoms with Gasteiger partial charge in [-0.1, -0.05) is 60.7 Å². The first-order chi connectivity index (χ1) is 18.6. The van der Waals surface area contributed by atoms with E-state index in [2.05, 4.69) is 15.4 Å². The second-order valence-corrected chi connectivity index (χ2v) is 9.88. The Morgan fingerprint density at radius 1 is 0.875 bits per heavy atom. The highest BCUT2D eigenvalue weighted by Gasteiger charge is 2.60. The first-order valence-corrected chi connectivity index (χ1v) is 12.4. The summed E-state index contributed by atoms with van der Waals surface area (Å²) in [5.74, 6) is 0. The van der Waals surface area contributed by atoms with Crippen LogP contribution in [0.25, 0.3) is 0 Å². The number of alkyl carbamates (subject to hydrolysis) is 1. The minimum atomic E-state index is -5.77. The molecular weight excluding hydrogens is 544 g/mol. The van der Waals surface area contributed by atoms with Crippen LogP contribution in [0.3, 0.4) is 0 Å². The number of nitrogens with zero attached hydrogens (tertiary/aromatic N) is 1.